The highest BCUT2D eigenvalue weighted by Crippen LogP contribution is 2.28. The molecule has 0 aliphatic heterocycles. The van der Waals surface area contributed by atoms with E-state index in [9.17, 15) is 0 Å². The number of hydrogen-bond acceptors (Lipinski definition) is 4. The molecule has 0 spiro atoms. The largest absolute Gasteiger partial charge is 0.383 e. The number of nitrogens with zero attached hydrogens (tertiary/aromatic N) is 2. The minimum absolute atomic E-state index is 0.366. The van der Waals surface area contributed by atoms with Crippen LogP contribution in [0.5, 0.6) is 0 Å². The van der Waals surface area contributed by atoms with Crippen molar-refractivity contribution in [1.29, 1.82) is 0 Å². The van der Waals surface area contributed by atoms with Crippen LogP contribution in [0.1, 0.15) is 19.4 Å². The van der Waals surface area contributed by atoms with Crippen molar-refractivity contribution in [2.45, 2.75) is 26.4 Å². The van der Waals surface area contributed by atoms with E-state index in [-0.39, 0.29) is 0 Å². The van der Waals surface area contributed by atoms with E-state index in [1.165, 1.54) is 5.39 Å². The highest BCUT2D eigenvalue weighted by molar-refractivity contribution is 5.94. The zero-order chi connectivity index (χ0) is 14.5. The number of rotatable bonds is 6. The molecule has 0 aliphatic rings. The zero-order valence-corrected chi connectivity index (χ0v) is 12.5. The molecule has 0 unspecified atom stereocenters. The molecule has 1 aromatic carbocycles. The Morgan fingerprint density at radius 3 is 2.55 bits per heavy atom. The summed E-state index contributed by atoms with van der Waals surface area (Å²) in [6.45, 7) is 6.36. The smallest absolute Gasteiger partial charge is 0.136 e. The first-order valence-corrected chi connectivity index (χ1v) is 7.01. The van der Waals surface area contributed by atoms with Gasteiger partial charge in [0, 0.05) is 37.8 Å². The molecule has 2 N–H and O–H groups in total. The molecule has 2 aromatic rings. The lowest BCUT2D eigenvalue weighted by molar-refractivity contribution is 0.203. The van der Waals surface area contributed by atoms with E-state index >= 15 is 0 Å². The molecule has 2 rings (SSSR count). The van der Waals surface area contributed by atoms with Crippen LogP contribution in [0.25, 0.3) is 10.8 Å². The van der Waals surface area contributed by atoms with Crippen molar-refractivity contribution in [3.8, 4) is 0 Å². The minimum Gasteiger partial charge on any atom is -0.383 e. The van der Waals surface area contributed by atoms with Gasteiger partial charge in [-0.3, -0.25) is 0 Å². The molecule has 0 radical (unpaired) electrons. The van der Waals surface area contributed by atoms with Crippen LogP contribution < -0.4 is 10.6 Å². The molecular formula is C16H23N3O. The van der Waals surface area contributed by atoms with Crippen LogP contribution in [0.4, 0.5) is 5.82 Å². The zero-order valence-electron chi connectivity index (χ0n) is 12.5. The molecule has 4 heteroatoms. The summed E-state index contributed by atoms with van der Waals surface area (Å²) in [5.41, 5.74) is 6.89. The van der Waals surface area contributed by atoms with E-state index in [0.29, 0.717) is 19.2 Å². The predicted octanol–water partition coefficient (Wildman–Crippen LogP) is 2.55. The first kappa shape index (κ1) is 14.8. The summed E-state index contributed by atoms with van der Waals surface area (Å²) in [7, 11) is 1.72. The third-order valence-electron chi connectivity index (χ3n) is 3.51. The Hall–Kier alpha value is -1.65. The quantitative estimate of drug-likeness (QED) is 0.879. The van der Waals surface area contributed by atoms with E-state index in [2.05, 4.69) is 35.9 Å². The fraction of sp³-hybridized carbons (Fsp3) is 0.438. The Bertz CT molecular complexity index is 569. The van der Waals surface area contributed by atoms with Crippen molar-refractivity contribution in [1.82, 2.24) is 4.98 Å². The summed E-state index contributed by atoms with van der Waals surface area (Å²) in [5, 5.41) is 2.34. The SMILES string of the molecule is COCCN(c1ncc(CN)c2ccccc12)C(C)C. The standard InChI is InChI=1S/C16H23N3O/c1-12(2)19(8-9-20-3)16-15-7-5-4-6-14(15)13(10-17)11-18-16/h4-7,11-12H,8-10,17H2,1-3H3. The lowest BCUT2D eigenvalue weighted by Crippen LogP contribution is -2.34. The number of benzene rings is 1. The minimum atomic E-state index is 0.366. The Morgan fingerprint density at radius 1 is 1.25 bits per heavy atom. The average Bonchev–Trinajstić information content (AvgIpc) is 2.47. The van der Waals surface area contributed by atoms with Crippen LogP contribution in [0, 0.1) is 0 Å². The highest BCUT2D eigenvalue weighted by atomic mass is 16.5. The van der Waals surface area contributed by atoms with Gasteiger partial charge in [0.15, 0.2) is 0 Å². The summed E-state index contributed by atoms with van der Waals surface area (Å²) in [5.74, 6) is 1.00. The fourth-order valence-corrected chi connectivity index (χ4v) is 2.43. The number of hydrogen-bond donors (Lipinski definition) is 1. The van der Waals surface area contributed by atoms with Crippen molar-refractivity contribution in [2.75, 3.05) is 25.2 Å². The van der Waals surface area contributed by atoms with Crippen LogP contribution >= 0.6 is 0 Å². The highest BCUT2D eigenvalue weighted by Gasteiger charge is 2.15. The van der Waals surface area contributed by atoms with Gasteiger partial charge in [0.1, 0.15) is 5.82 Å². The molecule has 20 heavy (non-hydrogen) atoms. The maximum atomic E-state index is 5.81. The van der Waals surface area contributed by atoms with Crippen molar-refractivity contribution in [2.24, 2.45) is 5.73 Å². The number of fused-ring (bicyclic) bond motifs is 1. The van der Waals surface area contributed by atoms with Crippen LogP contribution in [0.15, 0.2) is 30.5 Å². The molecule has 1 heterocycles. The molecule has 1 aromatic heterocycles. The molecule has 0 bridgehead atoms. The van der Waals surface area contributed by atoms with Crippen molar-refractivity contribution in [3.63, 3.8) is 0 Å². The Labute approximate surface area is 120 Å². The van der Waals surface area contributed by atoms with E-state index in [0.717, 1.165) is 23.3 Å². The van der Waals surface area contributed by atoms with Crippen LogP contribution in [-0.4, -0.2) is 31.3 Å². The second-order valence-electron chi connectivity index (χ2n) is 5.14. The van der Waals surface area contributed by atoms with Crippen molar-refractivity contribution >= 4 is 16.6 Å². The van der Waals surface area contributed by atoms with Gasteiger partial charge in [0.25, 0.3) is 0 Å². The van der Waals surface area contributed by atoms with Gasteiger partial charge < -0.3 is 15.4 Å². The monoisotopic (exact) mass is 273 g/mol. The van der Waals surface area contributed by atoms with Gasteiger partial charge in [-0.05, 0) is 24.8 Å². The number of nitrogens with two attached hydrogens (primary N) is 1. The van der Waals surface area contributed by atoms with Crippen LogP contribution in [-0.2, 0) is 11.3 Å². The fourth-order valence-electron chi connectivity index (χ4n) is 2.43. The predicted molar refractivity (Wildman–Crippen MR) is 84.0 cm³/mol. The Kier molecular flexibility index (Phi) is 4.93. The number of pyridine rings is 1. The van der Waals surface area contributed by atoms with Gasteiger partial charge in [-0.1, -0.05) is 24.3 Å². The molecular weight excluding hydrogens is 250 g/mol. The molecule has 0 saturated carbocycles. The molecule has 0 atom stereocenters. The number of ether oxygens (including phenoxy) is 1. The molecule has 108 valence electrons. The van der Waals surface area contributed by atoms with Gasteiger partial charge in [-0.2, -0.15) is 0 Å². The Morgan fingerprint density at radius 2 is 1.95 bits per heavy atom. The topological polar surface area (TPSA) is 51.4 Å². The van der Waals surface area contributed by atoms with E-state index in [1.807, 2.05) is 18.3 Å². The van der Waals surface area contributed by atoms with E-state index in [4.69, 9.17) is 10.5 Å². The Balaban J connectivity index is 2.52. The normalized spacial score (nSPS) is 11.2. The summed E-state index contributed by atoms with van der Waals surface area (Å²) >= 11 is 0. The maximum Gasteiger partial charge on any atom is 0.136 e. The summed E-state index contributed by atoms with van der Waals surface area (Å²) in [4.78, 5) is 6.91. The van der Waals surface area contributed by atoms with Crippen molar-refractivity contribution < 1.29 is 4.74 Å². The first-order chi connectivity index (χ1) is 9.69. The number of anilines is 1. The molecule has 0 aliphatic carbocycles. The van der Waals surface area contributed by atoms with Gasteiger partial charge in [-0.15, -0.1) is 0 Å². The molecule has 0 saturated heterocycles. The van der Waals surface area contributed by atoms with Crippen molar-refractivity contribution in [3.05, 3.63) is 36.0 Å². The lowest BCUT2D eigenvalue weighted by Gasteiger charge is -2.29. The lowest BCUT2D eigenvalue weighted by atomic mass is 10.1. The summed E-state index contributed by atoms with van der Waals surface area (Å²) in [6, 6.07) is 8.67. The van der Waals surface area contributed by atoms with Crippen LogP contribution in [0.2, 0.25) is 0 Å². The number of aromatic nitrogens is 1. The van der Waals surface area contributed by atoms with Gasteiger partial charge in [0.2, 0.25) is 0 Å². The molecule has 0 amide bonds. The molecule has 0 fully saturated rings. The summed E-state index contributed by atoms with van der Waals surface area (Å²) < 4.78 is 5.21. The van der Waals surface area contributed by atoms with E-state index < -0.39 is 0 Å². The van der Waals surface area contributed by atoms with E-state index in [1.54, 1.807) is 7.11 Å². The maximum absolute atomic E-state index is 5.81. The van der Waals surface area contributed by atoms with Gasteiger partial charge >= 0.3 is 0 Å². The van der Waals surface area contributed by atoms with Gasteiger partial charge in [-0.25, -0.2) is 4.98 Å². The third-order valence-corrected chi connectivity index (χ3v) is 3.51. The first-order valence-electron chi connectivity index (χ1n) is 7.01. The average molecular weight is 273 g/mol. The summed E-state index contributed by atoms with van der Waals surface area (Å²) in [6.07, 6.45) is 1.89. The third kappa shape index (κ3) is 2.92. The second kappa shape index (κ2) is 6.68. The molecule has 4 nitrogen and oxygen atoms in total. The number of methoxy groups -OCH3 is 1. The van der Waals surface area contributed by atoms with Crippen LogP contribution in [0.3, 0.4) is 0 Å². The second-order valence-corrected chi connectivity index (χ2v) is 5.14. The van der Waals surface area contributed by atoms with Gasteiger partial charge in [0.05, 0.1) is 6.61 Å².